The number of hydrogen-bond donors (Lipinski definition) is 1. The van der Waals surface area contributed by atoms with Crippen molar-refractivity contribution in [1.82, 2.24) is 0 Å². The highest BCUT2D eigenvalue weighted by atomic mass is 32.2. The van der Waals surface area contributed by atoms with Crippen LogP contribution in [0.5, 0.6) is 11.5 Å². The van der Waals surface area contributed by atoms with Crippen molar-refractivity contribution in [1.29, 1.82) is 0 Å². The molecule has 1 fully saturated rings. The van der Waals surface area contributed by atoms with Crippen molar-refractivity contribution in [3.05, 3.63) is 54.1 Å². The summed E-state index contributed by atoms with van der Waals surface area (Å²) in [6.45, 7) is -0.588. The lowest BCUT2D eigenvalue weighted by Gasteiger charge is -2.28. The molecule has 29 heavy (non-hydrogen) atoms. The van der Waals surface area contributed by atoms with Crippen molar-refractivity contribution in [2.75, 3.05) is 30.1 Å². The SMILES string of the molecule is COc1ccc(C(=O)OCC(=O)N(c2ccccc2)[C@H]2CCS(=O)(=O)C2)c(O)c1. The van der Waals surface area contributed by atoms with E-state index in [1.54, 1.807) is 30.3 Å². The number of carbonyl (C=O) groups is 2. The molecule has 0 aliphatic carbocycles. The lowest BCUT2D eigenvalue weighted by molar-refractivity contribution is -0.122. The lowest BCUT2D eigenvalue weighted by atomic mass is 10.1. The molecule has 1 heterocycles. The minimum Gasteiger partial charge on any atom is -0.507 e. The van der Waals surface area contributed by atoms with Gasteiger partial charge in [0, 0.05) is 11.8 Å². The smallest absolute Gasteiger partial charge is 0.342 e. The molecule has 0 unspecified atom stereocenters. The predicted molar refractivity (Wildman–Crippen MR) is 106 cm³/mol. The van der Waals surface area contributed by atoms with Crippen LogP contribution in [0.25, 0.3) is 0 Å². The molecule has 0 radical (unpaired) electrons. The number of anilines is 1. The molecule has 3 rings (SSSR count). The Balaban J connectivity index is 1.74. The molecule has 2 aromatic carbocycles. The van der Waals surface area contributed by atoms with Crippen LogP contribution in [0.1, 0.15) is 16.8 Å². The molecule has 1 saturated heterocycles. The van der Waals surface area contributed by atoms with E-state index in [4.69, 9.17) is 9.47 Å². The topological polar surface area (TPSA) is 110 Å². The van der Waals surface area contributed by atoms with Crippen molar-refractivity contribution in [3.8, 4) is 11.5 Å². The minimum atomic E-state index is -3.22. The number of aromatic hydroxyl groups is 1. The highest BCUT2D eigenvalue weighted by Gasteiger charge is 2.35. The Morgan fingerprint density at radius 2 is 1.90 bits per heavy atom. The fourth-order valence-electron chi connectivity index (χ4n) is 3.21. The van der Waals surface area contributed by atoms with Crippen LogP contribution in [-0.4, -0.2) is 56.7 Å². The number of methoxy groups -OCH3 is 1. The molecular formula is C20H21NO7S. The number of sulfone groups is 1. The Bertz CT molecular complexity index is 1000. The second-order valence-electron chi connectivity index (χ2n) is 6.62. The van der Waals surface area contributed by atoms with E-state index in [2.05, 4.69) is 0 Å². The first-order valence-electron chi connectivity index (χ1n) is 8.92. The maximum absolute atomic E-state index is 12.8. The number of phenols is 1. The summed E-state index contributed by atoms with van der Waals surface area (Å²) in [5.74, 6) is -1.50. The van der Waals surface area contributed by atoms with E-state index in [0.29, 0.717) is 17.9 Å². The van der Waals surface area contributed by atoms with Crippen molar-refractivity contribution >= 4 is 27.4 Å². The summed E-state index contributed by atoms with van der Waals surface area (Å²) in [7, 11) is -1.79. The van der Waals surface area contributed by atoms with Crippen molar-refractivity contribution in [2.45, 2.75) is 12.5 Å². The van der Waals surface area contributed by atoms with Gasteiger partial charge < -0.3 is 19.5 Å². The molecule has 1 amide bonds. The third-order valence-electron chi connectivity index (χ3n) is 4.63. The summed E-state index contributed by atoms with van der Waals surface area (Å²) >= 11 is 0. The molecule has 1 aliphatic heterocycles. The van der Waals surface area contributed by atoms with E-state index in [-0.39, 0.29) is 22.8 Å². The number of rotatable bonds is 6. The van der Waals surface area contributed by atoms with Gasteiger partial charge in [0.05, 0.1) is 24.7 Å². The number of hydrogen-bond acceptors (Lipinski definition) is 7. The number of benzene rings is 2. The molecule has 0 spiro atoms. The molecule has 1 aliphatic rings. The highest BCUT2D eigenvalue weighted by Crippen LogP contribution is 2.26. The maximum atomic E-state index is 12.8. The van der Waals surface area contributed by atoms with Crippen LogP contribution in [-0.2, 0) is 19.4 Å². The van der Waals surface area contributed by atoms with Crippen molar-refractivity contribution in [3.63, 3.8) is 0 Å². The van der Waals surface area contributed by atoms with Gasteiger partial charge >= 0.3 is 5.97 Å². The molecule has 2 aromatic rings. The molecule has 0 bridgehead atoms. The molecule has 154 valence electrons. The summed E-state index contributed by atoms with van der Waals surface area (Å²) in [5.41, 5.74) is 0.427. The van der Waals surface area contributed by atoms with E-state index < -0.39 is 34.4 Å². The van der Waals surface area contributed by atoms with E-state index in [0.717, 1.165) is 0 Å². The largest absolute Gasteiger partial charge is 0.507 e. The van der Waals surface area contributed by atoms with Gasteiger partial charge in [-0.2, -0.15) is 0 Å². The molecule has 8 nitrogen and oxygen atoms in total. The lowest BCUT2D eigenvalue weighted by Crippen LogP contribution is -2.43. The number of ether oxygens (including phenoxy) is 2. The van der Waals surface area contributed by atoms with E-state index >= 15 is 0 Å². The zero-order valence-corrected chi connectivity index (χ0v) is 16.6. The Kier molecular flexibility index (Phi) is 6.07. The number of carbonyl (C=O) groups excluding carboxylic acids is 2. The molecule has 1 N–H and O–H groups in total. The quantitative estimate of drug-likeness (QED) is 0.711. The van der Waals surface area contributed by atoms with Gasteiger partial charge in [-0.25, -0.2) is 13.2 Å². The number of amides is 1. The van der Waals surface area contributed by atoms with Crippen LogP contribution in [0.15, 0.2) is 48.5 Å². The monoisotopic (exact) mass is 419 g/mol. The van der Waals surface area contributed by atoms with Crippen LogP contribution in [0, 0.1) is 0 Å². The van der Waals surface area contributed by atoms with Gasteiger partial charge in [0.2, 0.25) is 0 Å². The van der Waals surface area contributed by atoms with Crippen molar-refractivity contribution in [2.24, 2.45) is 0 Å². The van der Waals surface area contributed by atoms with Crippen LogP contribution in [0.3, 0.4) is 0 Å². The summed E-state index contributed by atoms with van der Waals surface area (Å²) in [5, 5.41) is 9.93. The number of nitrogens with zero attached hydrogens (tertiary/aromatic N) is 1. The second-order valence-corrected chi connectivity index (χ2v) is 8.84. The van der Waals surface area contributed by atoms with E-state index in [9.17, 15) is 23.1 Å². The molecule has 0 aromatic heterocycles. The molecule has 0 saturated carbocycles. The van der Waals surface area contributed by atoms with Gasteiger partial charge in [0.15, 0.2) is 16.4 Å². The van der Waals surface area contributed by atoms with E-state index in [1.165, 1.54) is 30.2 Å². The second kappa shape index (κ2) is 8.52. The zero-order chi connectivity index (χ0) is 21.0. The fourth-order valence-corrected chi connectivity index (χ4v) is 4.91. The first-order valence-corrected chi connectivity index (χ1v) is 10.7. The average Bonchev–Trinajstić information content (AvgIpc) is 3.06. The predicted octanol–water partition coefficient (Wildman–Crippen LogP) is 1.78. The van der Waals surface area contributed by atoms with Gasteiger partial charge in [0.25, 0.3) is 5.91 Å². The molecular weight excluding hydrogens is 398 g/mol. The molecule has 1 atom stereocenters. The standard InChI is InChI=1S/C20H21NO7S/c1-27-16-7-8-17(18(22)11-16)20(24)28-12-19(23)21(14-5-3-2-4-6-14)15-9-10-29(25,26)13-15/h2-8,11,15,22H,9-10,12-13H2,1H3/t15-/m0/s1. The van der Waals surface area contributed by atoms with Gasteiger partial charge in [-0.1, -0.05) is 18.2 Å². The Labute approximate surface area is 168 Å². The molecule has 9 heteroatoms. The first kappa shape index (κ1) is 20.7. The third-order valence-corrected chi connectivity index (χ3v) is 6.38. The summed E-state index contributed by atoms with van der Waals surface area (Å²) < 4.78 is 33.8. The Hall–Kier alpha value is -3.07. The van der Waals surface area contributed by atoms with E-state index in [1.807, 2.05) is 0 Å². The number of esters is 1. The van der Waals surface area contributed by atoms with Crippen LogP contribution < -0.4 is 9.64 Å². The zero-order valence-electron chi connectivity index (χ0n) is 15.8. The highest BCUT2D eigenvalue weighted by molar-refractivity contribution is 7.91. The summed E-state index contributed by atoms with van der Waals surface area (Å²) in [6.07, 6.45) is 0.316. The van der Waals surface area contributed by atoms with Crippen molar-refractivity contribution < 1.29 is 32.6 Å². The number of phenolic OH excluding ortho intramolecular Hbond substituents is 1. The van der Waals surface area contributed by atoms with Gasteiger partial charge in [-0.05, 0) is 30.7 Å². The third kappa shape index (κ3) is 4.86. The van der Waals surface area contributed by atoms with Gasteiger partial charge in [0.1, 0.15) is 17.1 Å². The normalized spacial score (nSPS) is 17.5. The Morgan fingerprint density at radius 3 is 2.48 bits per heavy atom. The summed E-state index contributed by atoms with van der Waals surface area (Å²) in [4.78, 5) is 26.5. The minimum absolute atomic E-state index is 0.00773. The maximum Gasteiger partial charge on any atom is 0.342 e. The first-order chi connectivity index (χ1) is 13.8. The Morgan fingerprint density at radius 1 is 1.17 bits per heavy atom. The van der Waals surface area contributed by atoms with Gasteiger partial charge in [-0.3, -0.25) is 4.79 Å². The summed E-state index contributed by atoms with van der Waals surface area (Å²) in [6, 6.07) is 12.2. The van der Waals surface area contributed by atoms with Crippen LogP contribution in [0.4, 0.5) is 5.69 Å². The average molecular weight is 419 g/mol. The van der Waals surface area contributed by atoms with Crippen LogP contribution >= 0.6 is 0 Å². The number of para-hydroxylation sites is 1. The van der Waals surface area contributed by atoms with Crippen LogP contribution in [0.2, 0.25) is 0 Å². The fraction of sp³-hybridized carbons (Fsp3) is 0.300. The van der Waals surface area contributed by atoms with Gasteiger partial charge in [-0.15, -0.1) is 0 Å².